The molecule has 2 aromatic rings. The summed E-state index contributed by atoms with van der Waals surface area (Å²) < 4.78 is 0. The molecule has 2 heterocycles. The zero-order chi connectivity index (χ0) is 10.3. The highest BCUT2D eigenvalue weighted by molar-refractivity contribution is 5.52. The number of nitrogens with zero attached hydrogens (tertiary/aromatic N) is 2. The van der Waals surface area contributed by atoms with E-state index in [1.807, 2.05) is 48.6 Å². The molecule has 0 bridgehead atoms. The quantitative estimate of drug-likeness (QED) is 0.768. The number of hydrogen-bond acceptors (Lipinski definition) is 2. The largest absolute Gasteiger partial charge is 0.278 e. The van der Waals surface area contributed by atoms with Gasteiger partial charge in [-0.1, -0.05) is 18.2 Å². The lowest BCUT2D eigenvalue weighted by Crippen LogP contribution is -1.75. The van der Waals surface area contributed by atoms with E-state index >= 15 is 0 Å². The Balaban J connectivity index is 1.96. The number of aromatic nitrogens is 3. The molecular formula is C12H11N3. The van der Waals surface area contributed by atoms with Gasteiger partial charge in [-0.25, -0.2) is 0 Å². The zero-order valence-corrected chi connectivity index (χ0v) is 8.17. The molecule has 0 amide bonds. The summed E-state index contributed by atoms with van der Waals surface area (Å²) in [6.45, 7) is 0. The Labute approximate surface area is 88.2 Å². The van der Waals surface area contributed by atoms with Gasteiger partial charge < -0.3 is 0 Å². The second-order valence-corrected chi connectivity index (χ2v) is 2.98. The Bertz CT molecular complexity index is 441. The fourth-order valence-electron chi connectivity index (χ4n) is 1.15. The third kappa shape index (κ3) is 2.91. The second-order valence-electron chi connectivity index (χ2n) is 2.98. The SMILES string of the molecule is C(C=Cc1ccn[nH]1)=Cc1ccccn1. The van der Waals surface area contributed by atoms with Gasteiger partial charge in [0.1, 0.15) is 0 Å². The maximum Gasteiger partial charge on any atom is 0.0629 e. The number of hydrogen-bond donors (Lipinski definition) is 1. The summed E-state index contributed by atoms with van der Waals surface area (Å²) in [5.41, 5.74) is 1.94. The first-order valence-corrected chi connectivity index (χ1v) is 4.70. The van der Waals surface area contributed by atoms with Gasteiger partial charge in [0, 0.05) is 12.4 Å². The molecule has 1 N–H and O–H groups in total. The third-order valence-electron chi connectivity index (χ3n) is 1.86. The number of allylic oxidation sites excluding steroid dienone is 2. The summed E-state index contributed by atoms with van der Waals surface area (Å²) in [4.78, 5) is 4.17. The summed E-state index contributed by atoms with van der Waals surface area (Å²) in [5, 5.41) is 6.70. The predicted molar refractivity (Wildman–Crippen MR) is 60.9 cm³/mol. The first-order chi connectivity index (χ1) is 7.45. The number of pyridine rings is 1. The van der Waals surface area contributed by atoms with Crippen molar-refractivity contribution in [3.05, 3.63) is 60.2 Å². The van der Waals surface area contributed by atoms with E-state index in [1.54, 1.807) is 12.4 Å². The van der Waals surface area contributed by atoms with Gasteiger partial charge in [-0.3, -0.25) is 10.1 Å². The Morgan fingerprint density at radius 1 is 1.00 bits per heavy atom. The maximum atomic E-state index is 4.17. The zero-order valence-electron chi connectivity index (χ0n) is 8.17. The summed E-state index contributed by atoms with van der Waals surface area (Å²) in [6.07, 6.45) is 11.3. The summed E-state index contributed by atoms with van der Waals surface area (Å²) in [5.74, 6) is 0. The van der Waals surface area contributed by atoms with Crippen LogP contribution in [-0.2, 0) is 0 Å². The van der Waals surface area contributed by atoms with Crippen molar-refractivity contribution in [2.45, 2.75) is 0 Å². The van der Waals surface area contributed by atoms with Crippen molar-refractivity contribution in [1.82, 2.24) is 15.2 Å². The highest BCUT2D eigenvalue weighted by atomic mass is 15.1. The second kappa shape index (κ2) is 4.91. The van der Waals surface area contributed by atoms with Crippen molar-refractivity contribution in [3.63, 3.8) is 0 Å². The standard InChI is InChI=1S/C12H11N3/c1(2-7-12-8-10-14-15-12)5-11-6-3-4-9-13-11/h1-10H,(H,14,15). The minimum Gasteiger partial charge on any atom is -0.278 e. The molecule has 2 rings (SSSR count). The molecule has 0 aromatic carbocycles. The van der Waals surface area contributed by atoms with Crippen LogP contribution in [0.25, 0.3) is 12.2 Å². The van der Waals surface area contributed by atoms with Gasteiger partial charge in [-0.2, -0.15) is 5.10 Å². The van der Waals surface area contributed by atoms with Crippen LogP contribution in [0.3, 0.4) is 0 Å². The number of rotatable bonds is 3. The fraction of sp³-hybridized carbons (Fsp3) is 0. The first kappa shape index (κ1) is 9.40. The minimum atomic E-state index is 0.951. The van der Waals surface area contributed by atoms with Crippen molar-refractivity contribution < 1.29 is 0 Å². The third-order valence-corrected chi connectivity index (χ3v) is 1.86. The van der Waals surface area contributed by atoms with Crippen LogP contribution in [0.15, 0.2) is 48.8 Å². The van der Waals surface area contributed by atoms with E-state index < -0.39 is 0 Å². The molecule has 3 heteroatoms. The van der Waals surface area contributed by atoms with Gasteiger partial charge in [0.05, 0.1) is 11.4 Å². The predicted octanol–water partition coefficient (Wildman–Crippen LogP) is 2.53. The number of aromatic amines is 1. The number of nitrogens with one attached hydrogen (secondary N) is 1. The topological polar surface area (TPSA) is 41.6 Å². The van der Waals surface area contributed by atoms with Crippen LogP contribution in [0, 0.1) is 0 Å². The fourth-order valence-corrected chi connectivity index (χ4v) is 1.15. The average Bonchev–Trinajstić information content (AvgIpc) is 2.79. The van der Waals surface area contributed by atoms with Crippen molar-refractivity contribution in [2.24, 2.45) is 0 Å². The lowest BCUT2D eigenvalue weighted by molar-refractivity contribution is 1.08. The molecule has 2 aromatic heterocycles. The van der Waals surface area contributed by atoms with E-state index in [0.717, 1.165) is 11.4 Å². The van der Waals surface area contributed by atoms with Crippen LogP contribution < -0.4 is 0 Å². The lowest BCUT2D eigenvalue weighted by Gasteiger charge is -1.87. The van der Waals surface area contributed by atoms with Gasteiger partial charge in [-0.05, 0) is 30.4 Å². The van der Waals surface area contributed by atoms with Crippen LogP contribution in [0.1, 0.15) is 11.4 Å². The normalized spacial score (nSPS) is 11.5. The van der Waals surface area contributed by atoms with E-state index in [4.69, 9.17) is 0 Å². The molecule has 3 nitrogen and oxygen atoms in total. The van der Waals surface area contributed by atoms with Gasteiger partial charge in [-0.15, -0.1) is 0 Å². The molecule has 0 aliphatic carbocycles. The highest BCUT2D eigenvalue weighted by Gasteiger charge is 1.83. The van der Waals surface area contributed by atoms with Crippen molar-refractivity contribution in [2.75, 3.05) is 0 Å². The van der Waals surface area contributed by atoms with E-state index in [9.17, 15) is 0 Å². The van der Waals surface area contributed by atoms with Crippen molar-refractivity contribution >= 4 is 12.2 Å². The molecule has 0 radical (unpaired) electrons. The maximum absolute atomic E-state index is 4.17. The van der Waals surface area contributed by atoms with E-state index in [-0.39, 0.29) is 0 Å². The summed E-state index contributed by atoms with van der Waals surface area (Å²) >= 11 is 0. The van der Waals surface area contributed by atoms with Gasteiger partial charge >= 0.3 is 0 Å². The van der Waals surface area contributed by atoms with E-state index in [2.05, 4.69) is 15.2 Å². The van der Waals surface area contributed by atoms with Gasteiger partial charge in [0.15, 0.2) is 0 Å². The number of H-pyrrole nitrogens is 1. The van der Waals surface area contributed by atoms with Gasteiger partial charge in [0.2, 0.25) is 0 Å². The lowest BCUT2D eigenvalue weighted by atomic mass is 10.3. The Kier molecular flexibility index (Phi) is 3.07. The monoisotopic (exact) mass is 197 g/mol. The Morgan fingerprint density at radius 3 is 2.67 bits per heavy atom. The molecule has 0 saturated heterocycles. The first-order valence-electron chi connectivity index (χ1n) is 4.70. The molecule has 15 heavy (non-hydrogen) atoms. The van der Waals surface area contributed by atoms with Crippen LogP contribution in [-0.4, -0.2) is 15.2 Å². The van der Waals surface area contributed by atoms with Crippen LogP contribution in [0.5, 0.6) is 0 Å². The van der Waals surface area contributed by atoms with Gasteiger partial charge in [0.25, 0.3) is 0 Å². The van der Waals surface area contributed by atoms with Crippen LogP contribution >= 0.6 is 0 Å². The minimum absolute atomic E-state index is 0.951. The van der Waals surface area contributed by atoms with Crippen molar-refractivity contribution in [1.29, 1.82) is 0 Å². The van der Waals surface area contributed by atoms with Crippen LogP contribution in [0.4, 0.5) is 0 Å². The summed E-state index contributed by atoms with van der Waals surface area (Å²) in [6, 6.07) is 7.73. The molecule has 0 aliphatic rings. The highest BCUT2D eigenvalue weighted by Crippen LogP contribution is 1.98. The average molecular weight is 197 g/mol. The van der Waals surface area contributed by atoms with E-state index in [1.165, 1.54) is 0 Å². The van der Waals surface area contributed by atoms with E-state index in [0.29, 0.717) is 0 Å². The molecule has 0 aliphatic heterocycles. The molecular weight excluding hydrogens is 186 g/mol. The molecule has 0 unspecified atom stereocenters. The molecule has 74 valence electrons. The molecule has 0 saturated carbocycles. The molecule has 0 atom stereocenters. The Morgan fingerprint density at radius 2 is 1.93 bits per heavy atom. The van der Waals surface area contributed by atoms with Crippen LogP contribution in [0.2, 0.25) is 0 Å². The summed E-state index contributed by atoms with van der Waals surface area (Å²) in [7, 11) is 0. The molecule has 0 spiro atoms. The Hall–Kier alpha value is -2.16. The smallest absolute Gasteiger partial charge is 0.0629 e. The molecule has 0 fully saturated rings. The van der Waals surface area contributed by atoms with Crippen molar-refractivity contribution in [3.8, 4) is 0 Å².